The van der Waals surface area contributed by atoms with Crippen LogP contribution < -0.4 is 33.2 Å². The first-order chi connectivity index (χ1) is 21.6. The van der Waals surface area contributed by atoms with Gasteiger partial charge in [0.1, 0.15) is 17.0 Å². The third-order valence-electron chi connectivity index (χ3n) is 7.42. The Morgan fingerprint density at radius 1 is 0.978 bits per heavy atom. The highest BCUT2D eigenvalue weighted by atomic mass is 19.1. The van der Waals surface area contributed by atoms with Gasteiger partial charge in [0, 0.05) is 37.0 Å². The number of anilines is 2. The van der Waals surface area contributed by atoms with Crippen molar-refractivity contribution in [2.24, 2.45) is 11.5 Å². The molecule has 0 aliphatic rings. The summed E-state index contributed by atoms with van der Waals surface area (Å²) in [5.41, 5.74) is 18.5. The minimum absolute atomic E-state index is 0.148. The first-order valence-electron chi connectivity index (χ1n) is 15.0. The zero-order chi connectivity index (χ0) is 32.5. The highest BCUT2D eigenvalue weighted by Crippen LogP contribution is 2.29. The molecule has 4 rings (SSSR count). The number of unbranched alkanes of at least 4 members (excludes halogenated alkanes) is 2. The van der Waals surface area contributed by atoms with Crippen molar-refractivity contribution in [3.05, 3.63) is 59.4 Å². The molecule has 0 bridgehead atoms. The van der Waals surface area contributed by atoms with Crippen molar-refractivity contribution < 1.29 is 23.2 Å². The Labute approximate surface area is 259 Å². The highest BCUT2D eigenvalue weighted by molar-refractivity contribution is 6.06. The van der Waals surface area contributed by atoms with Gasteiger partial charge in [-0.15, -0.1) is 0 Å². The fourth-order valence-corrected chi connectivity index (χ4v) is 5.07. The topological polar surface area (TPSA) is 196 Å². The van der Waals surface area contributed by atoms with E-state index in [-0.39, 0.29) is 25.1 Å². The van der Waals surface area contributed by atoms with Crippen LogP contribution in [0.5, 0.6) is 0 Å². The lowest BCUT2D eigenvalue weighted by Gasteiger charge is -2.14. The number of nitrogens with zero attached hydrogens (tertiary/aromatic N) is 3. The summed E-state index contributed by atoms with van der Waals surface area (Å²) in [5, 5.41) is 8.16. The molecule has 2 aromatic heterocycles. The number of aromatic nitrogens is 3. The molecule has 0 aliphatic heterocycles. The van der Waals surface area contributed by atoms with Gasteiger partial charge in [0.2, 0.25) is 5.91 Å². The number of carbonyl (C=O) groups is 3. The Balaban J connectivity index is 1.34. The summed E-state index contributed by atoms with van der Waals surface area (Å²) in [6, 6.07) is 7.72. The largest absolute Gasteiger partial charge is 0.382 e. The van der Waals surface area contributed by atoms with E-state index >= 15 is 0 Å². The number of nitrogen functional groups attached to an aromatic ring is 1. The molecule has 0 saturated carbocycles. The second-order valence-electron chi connectivity index (χ2n) is 10.8. The number of urea groups is 1. The smallest absolute Gasteiger partial charge is 0.312 e. The van der Waals surface area contributed by atoms with Gasteiger partial charge in [-0.3, -0.25) is 9.59 Å². The second kappa shape index (κ2) is 15.2. The molecule has 0 aliphatic carbocycles. The number of nitrogens with two attached hydrogens (primary N) is 3. The molecule has 2 aromatic carbocycles. The minimum Gasteiger partial charge on any atom is -0.382 e. The molecule has 9 N–H and O–H groups in total. The van der Waals surface area contributed by atoms with Gasteiger partial charge in [0.25, 0.3) is 5.91 Å². The van der Waals surface area contributed by atoms with Crippen LogP contribution in [0.15, 0.2) is 36.4 Å². The molecular formula is C31H39F2N9O3. The fraction of sp³-hybridized carbons (Fsp3) is 0.387. The summed E-state index contributed by atoms with van der Waals surface area (Å²) < 4.78 is 31.6. The molecule has 0 saturated heterocycles. The van der Waals surface area contributed by atoms with Crippen molar-refractivity contribution in [2.45, 2.75) is 64.5 Å². The predicted octanol–water partition coefficient (Wildman–Crippen LogP) is 3.71. The fourth-order valence-electron chi connectivity index (χ4n) is 5.07. The van der Waals surface area contributed by atoms with Crippen LogP contribution in [0.2, 0.25) is 0 Å². The lowest BCUT2D eigenvalue weighted by molar-refractivity contribution is -0.117. The molecule has 14 heteroatoms. The van der Waals surface area contributed by atoms with Crippen LogP contribution >= 0.6 is 0 Å². The number of benzene rings is 2. The Bertz CT molecular complexity index is 1670. The molecule has 4 amide bonds. The molecule has 0 spiro atoms. The Hall–Kier alpha value is -4.85. The SMILES string of the molecule is CCCCc1nc2c(N)nc3ccccc3c2n1CCCCNC(=O)c1cc(F)c(NC(=O)[C@@H](N)CCCNC(N)=O)c(F)c1. The van der Waals surface area contributed by atoms with E-state index in [1.165, 1.54) is 0 Å². The molecule has 2 heterocycles. The van der Waals surface area contributed by atoms with Crippen molar-refractivity contribution in [3.63, 3.8) is 0 Å². The lowest BCUT2D eigenvalue weighted by atomic mass is 10.1. The number of para-hydroxylation sites is 1. The zero-order valence-corrected chi connectivity index (χ0v) is 25.2. The number of hydrogen-bond acceptors (Lipinski definition) is 7. The highest BCUT2D eigenvalue weighted by Gasteiger charge is 2.21. The van der Waals surface area contributed by atoms with Crippen molar-refractivity contribution in [1.82, 2.24) is 25.2 Å². The number of rotatable bonds is 15. The second-order valence-corrected chi connectivity index (χ2v) is 10.8. The van der Waals surface area contributed by atoms with Crippen LogP contribution in [0.1, 0.15) is 61.6 Å². The number of amides is 4. The molecular weight excluding hydrogens is 584 g/mol. The summed E-state index contributed by atoms with van der Waals surface area (Å²) in [6.07, 6.45) is 4.58. The maximum absolute atomic E-state index is 14.7. The van der Waals surface area contributed by atoms with E-state index in [0.29, 0.717) is 37.1 Å². The molecule has 1 atom stereocenters. The quantitative estimate of drug-likeness (QED) is 0.109. The van der Waals surface area contributed by atoms with E-state index in [1.54, 1.807) is 0 Å². The summed E-state index contributed by atoms with van der Waals surface area (Å²) in [7, 11) is 0. The number of fused-ring (bicyclic) bond motifs is 3. The van der Waals surface area contributed by atoms with Crippen LogP contribution in [0, 0.1) is 11.6 Å². The minimum atomic E-state index is -1.11. The monoisotopic (exact) mass is 623 g/mol. The van der Waals surface area contributed by atoms with E-state index in [9.17, 15) is 23.2 Å². The molecule has 0 fully saturated rings. The molecule has 0 unspecified atom stereocenters. The average molecular weight is 624 g/mol. The van der Waals surface area contributed by atoms with Crippen LogP contribution in [-0.2, 0) is 17.8 Å². The number of aryl methyl sites for hydroxylation is 2. The Morgan fingerprint density at radius 3 is 2.40 bits per heavy atom. The van der Waals surface area contributed by atoms with Gasteiger partial charge in [-0.05, 0) is 50.3 Å². The van der Waals surface area contributed by atoms with Gasteiger partial charge in [0.05, 0.1) is 17.1 Å². The molecule has 240 valence electrons. The number of primary amides is 1. The van der Waals surface area contributed by atoms with Gasteiger partial charge in [-0.1, -0.05) is 31.5 Å². The van der Waals surface area contributed by atoms with Crippen molar-refractivity contribution in [2.75, 3.05) is 24.1 Å². The lowest BCUT2D eigenvalue weighted by Crippen LogP contribution is -2.37. The average Bonchev–Trinajstić information content (AvgIpc) is 3.38. The number of nitrogens with one attached hydrogen (secondary N) is 3. The van der Waals surface area contributed by atoms with Gasteiger partial charge in [0.15, 0.2) is 17.5 Å². The van der Waals surface area contributed by atoms with E-state index in [0.717, 1.165) is 53.6 Å². The number of carbonyl (C=O) groups excluding carboxylic acids is 3. The molecule has 12 nitrogen and oxygen atoms in total. The van der Waals surface area contributed by atoms with Gasteiger partial charge in [-0.2, -0.15) is 0 Å². The van der Waals surface area contributed by atoms with Crippen molar-refractivity contribution >= 4 is 51.3 Å². The standard InChI is InChI=1S/C31H39F2N9O3/c1-2-3-12-24-40-26-27(19-9-4-5-11-23(19)39-28(26)35)42(24)15-7-6-13-37-29(43)18-16-20(32)25(21(33)17-18)41-30(44)22(34)10-8-14-38-31(36)45/h4-5,9,11,16-17,22H,2-3,6-8,10,12-15,34H2,1H3,(H2,35,39)(H,37,43)(H,41,44)(H3,36,38,45)/t22-/m0/s1. The summed E-state index contributed by atoms with van der Waals surface area (Å²) in [4.78, 5) is 45.0. The molecule has 4 aromatic rings. The first-order valence-corrected chi connectivity index (χ1v) is 15.0. The van der Waals surface area contributed by atoms with Crippen LogP contribution in [0.3, 0.4) is 0 Å². The summed E-state index contributed by atoms with van der Waals surface area (Å²) >= 11 is 0. The van der Waals surface area contributed by atoms with E-state index in [1.807, 2.05) is 24.3 Å². The van der Waals surface area contributed by atoms with E-state index in [2.05, 4.69) is 32.4 Å². The van der Waals surface area contributed by atoms with E-state index in [4.69, 9.17) is 22.2 Å². The molecule has 0 radical (unpaired) electrons. The Kier molecular flexibility index (Phi) is 11.2. The van der Waals surface area contributed by atoms with Crippen LogP contribution in [0.25, 0.3) is 21.9 Å². The zero-order valence-electron chi connectivity index (χ0n) is 25.2. The van der Waals surface area contributed by atoms with Gasteiger partial charge in [-0.25, -0.2) is 23.5 Å². The molecule has 45 heavy (non-hydrogen) atoms. The van der Waals surface area contributed by atoms with Crippen LogP contribution in [0.4, 0.5) is 25.1 Å². The number of halogens is 2. The summed E-state index contributed by atoms with van der Waals surface area (Å²) in [5.74, 6) is -2.35. The first kappa shape index (κ1) is 33.1. The number of hydrogen-bond donors (Lipinski definition) is 6. The summed E-state index contributed by atoms with van der Waals surface area (Å²) in [6.45, 7) is 3.24. The number of pyridine rings is 1. The maximum atomic E-state index is 14.7. The third kappa shape index (κ3) is 8.20. The number of imidazole rings is 1. The van der Waals surface area contributed by atoms with Gasteiger partial charge >= 0.3 is 6.03 Å². The van der Waals surface area contributed by atoms with Gasteiger partial charge < -0.3 is 37.7 Å². The predicted molar refractivity (Wildman–Crippen MR) is 169 cm³/mol. The Morgan fingerprint density at radius 2 is 1.69 bits per heavy atom. The third-order valence-corrected chi connectivity index (χ3v) is 7.42. The maximum Gasteiger partial charge on any atom is 0.312 e. The van der Waals surface area contributed by atoms with Crippen molar-refractivity contribution in [3.8, 4) is 0 Å². The van der Waals surface area contributed by atoms with Crippen LogP contribution in [-0.4, -0.2) is 51.5 Å². The normalized spacial score (nSPS) is 11.9. The van der Waals surface area contributed by atoms with Crippen molar-refractivity contribution in [1.29, 1.82) is 0 Å². The van der Waals surface area contributed by atoms with E-state index < -0.39 is 41.2 Å².